The van der Waals surface area contributed by atoms with Crippen LogP contribution >= 0.6 is 0 Å². The molecular weight excluding hydrogens is 382 g/mol. The van der Waals surface area contributed by atoms with Crippen LogP contribution in [0.2, 0.25) is 0 Å². The van der Waals surface area contributed by atoms with Gasteiger partial charge in [-0.05, 0) is 23.3 Å². The fraction of sp³-hybridized carbons (Fsp3) is 0.185. The summed E-state index contributed by atoms with van der Waals surface area (Å²) in [6.45, 7) is 3.05. The van der Waals surface area contributed by atoms with Crippen LogP contribution in [0, 0.1) is 0 Å². The molecule has 1 amide bonds. The molecule has 0 saturated carbocycles. The van der Waals surface area contributed by atoms with Crippen LogP contribution < -0.4 is 0 Å². The van der Waals surface area contributed by atoms with Gasteiger partial charge in [0.1, 0.15) is 5.69 Å². The van der Waals surface area contributed by atoms with Crippen molar-refractivity contribution in [2.45, 2.75) is 6.04 Å². The Bertz CT molecular complexity index is 1130. The van der Waals surface area contributed by atoms with E-state index >= 15 is 0 Å². The van der Waals surface area contributed by atoms with E-state index in [-0.39, 0.29) is 11.9 Å². The monoisotopic (exact) mass is 407 g/mol. The molecular formula is C27H25N3O. The van der Waals surface area contributed by atoms with Gasteiger partial charge in [-0.2, -0.15) is 0 Å². The zero-order chi connectivity index (χ0) is 21.0. The van der Waals surface area contributed by atoms with Gasteiger partial charge in [0.2, 0.25) is 0 Å². The molecule has 0 bridgehead atoms. The molecule has 1 aliphatic rings. The molecule has 5 rings (SSSR count). The molecule has 0 unspecified atom stereocenters. The lowest BCUT2D eigenvalue weighted by Crippen LogP contribution is -2.50. The number of para-hydroxylation sites is 1. The first-order valence-corrected chi connectivity index (χ1v) is 10.8. The third-order valence-corrected chi connectivity index (χ3v) is 6.01. The van der Waals surface area contributed by atoms with Crippen molar-refractivity contribution in [3.63, 3.8) is 0 Å². The molecule has 2 heterocycles. The standard InChI is InChI=1S/C27H25N3O/c31-27(25-16-15-21-9-7-8-14-24(21)28-25)30-19-17-29(18-20-30)26(22-10-3-1-4-11-22)23-12-5-2-6-13-23/h1-16,26H,17-20H2. The normalized spacial score (nSPS) is 14.8. The molecule has 0 spiro atoms. The second-order valence-corrected chi connectivity index (χ2v) is 7.94. The zero-order valence-corrected chi connectivity index (χ0v) is 17.4. The first-order valence-electron chi connectivity index (χ1n) is 10.8. The number of amides is 1. The smallest absolute Gasteiger partial charge is 0.272 e. The number of hydrogen-bond acceptors (Lipinski definition) is 3. The summed E-state index contributed by atoms with van der Waals surface area (Å²) in [5.74, 6) is 0.0152. The number of fused-ring (bicyclic) bond motifs is 1. The predicted molar refractivity (Wildman–Crippen MR) is 124 cm³/mol. The summed E-state index contributed by atoms with van der Waals surface area (Å²) in [7, 11) is 0. The molecule has 1 aromatic heterocycles. The minimum absolute atomic E-state index is 0.0152. The number of pyridine rings is 1. The van der Waals surface area contributed by atoms with Crippen LogP contribution in [-0.4, -0.2) is 46.9 Å². The molecule has 4 aromatic rings. The first-order chi connectivity index (χ1) is 15.3. The quantitative estimate of drug-likeness (QED) is 0.488. The molecule has 0 atom stereocenters. The van der Waals surface area contributed by atoms with Gasteiger partial charge in [0.15, 0.2) is 0 Å². The summed E-state index contributed by atoms with van der Waals surface area (Å²) < 4.78 is 0. The molecule has 1 saturated heterocycles. The van der Waals surface area contributed by atoms with E-state index in [1.165, 1.54) is 11.1 Å². The number of carbonyl (C=O) groups excluding carboxylic acids is 1. The van der Waals surface area contributed by atoms with Gasteiger partial charge < -0.3 is 4.90 Å². The molecule has 1 aliphatic heterocycles. The lowest BCUT2D eigenvalue weighted by atomic mass is 9.96. The largest absolute Gasteiger partial charge is 0.335 e. The van der Waals surface area contributed by atoms with Crippen molar-refractivity contribution >= 4 is 16.8 Å². The minimum Gasteiger partial charge on any atom is -0.335 e. The van der Waals surface area contributed by atoms with Crippen LogP contribution in [0.25, 0.3) is 10.9 Å². The number of nitrogens with zero attached hydrogens (tertiary/aromatic N) is 3. The maximum absolute atomic E-state index is 13.1. The highest BCUT2D eigenvalue weighted by Crippen LogP contribution is 2.29. The Balaban J connectivity index is 1.34. The third-order valence-electron chi connectivity index (χ3n) is 6.01. The summed E-state index contributed by atoms with van der Waals surface area (Å²) in [6, 6.07) is 33.2. The minimum atomic E-state index is 0.0152. The first kappa shape index (κ1) is 19.5. The topological polar surface area (TPSA) is 36.4 Å². The van der Waals surface area contributed by atoms with E-state index in [4.69, 9.17) is 0 Å². The molecule has 0 aliphatic carbocycles. The van der Waals surface area contributed by atoms with E-state index in [2.05, 4.69) is 70.5 Å². The zero-order valence-electron chi connectivity index (χ0n) is 17.4. The average Bonchev–Trinajstić information content (AvgIpc) is 2.85. The summed E-state index contributed by atoms with van der Waals surface area (Å²) in [6.07, 6.45) is 0. The molecule has 1 fully saturated rings. The van der Waals surface area contributed by atoms with Crippen molar-refractivity contribution in [1.82, 2.24) is 14.8 Å². The van der Waals surface area contributed by atoms with Crippen molar-refractivity contribution in [1.29, 1.82) is 0 Å². The van der Waals surface area contributed by atoms with Gasteiger partial charge in [0.05, 0.1) is 11.6 Å². The lowest BCUT2D eigenvalue weighted by Gasteiger charge is -2.39. The van der Waals surface area contributed by atoms with E-state index in [0.717, 1.165) is 24.0 Å². The van der Waals surface area contributed by atoms with Gasteiger partial charge in [-0.1, -0.05) is 84.9 Å². The Hall–Kier alpha value is -3.50. The van der Waals surface area contributed by atoms with Crippen LogP contribution in [0.1, 0.15) is 27.7 Å². The number of rotatable bonds is 4. The highest BCUT2D eigenvalue weighted by Gasteiger charge is 2.28. The molecule has 31 heavy (non-hydrogen) atoms. The Morgan fingerprint density at radius 1 is 0.677 bits per heavy atom. The van der Waals surface area contributed by atoms with Gasteiger partial charge in [0.25, 0.3) is 5.91 Å². The number of hydrogen-bond donors (Lipinski definition) is 0. The van der Waals surface area contributed by atoms with Crippen LogP contribution in [0.4, 0.5) is 0 Å². The van der Waals surface area contributed by atoms with Gasteiger partial charge in [-0.25, -0.2) is 4.98 Å². The van der Waals surface area contributed by atoms with Crippen molar-refractivity contribution in [2.24, 2.45) is 0 Å². The molecule has 0 radical (unpaired) electrons. The summed E-state index contributed by atoms with van der Waals surface area (Å²) in [5, 5.41) is 1.05. The predicted octanol–water partition coefficient (Wildman–Crippen LogP) is 4.78. The molecule has 4 heteroatoms. The van der Waals surface area contributed by atoms with Crippen LogP contribution in [0.15, 0.2) is 97.1 Å². The molecule has 4 nitrogen and oxygen atoms in total. The van der Waals surface area contributed by atoms with Crippen LogP contribution in [0.3, 0.4) is 0 Å². The summed E-state index contributed by atoms with van der Waals surface area (Å²) >= 11 is 0. The van der Waals surface area contributed by atoms with Gasteiger partial charge >= 0.3 is 0 Å². The highest BCUT2D eigenvalue weighted by atomic mass is 16.2. The Morgan fingerprint density at radius 3 is 1.90 bits per heavy atom. The van der Waals surface area contributed by atoms with E-state index in [9.17, 15) is 4.79 Å². The van der Waals surface area contributed by atoms with Crippen molar-refractivity contribution in [3.8, 4) is 0 Å². The molecule has 154 valence electrons. The van der Waals surface area contributed by atoms with Crippen molar-refractivity contribution < 1.29 is 4.79 Å². The fourth-order valence-corrected chi connectivity index (χ4v) is 4.42. The van der Waals surface area contributed by atoms with E-state index in [1.54, 1.807) is 0 Å². The second-order valence-electron chi connectivity index (χ2n) is 7.94. The Kier molecular flexibility index (Phi) is 5.46. The van der Waals surface area contributed by atoms with Crippen molar-refractivity contribution in [3.05, 3.63) is 114 Å². The summed E-state index contributed by atoms with van der Waals surface area (Å²) in [4.78, 5) is 22.1. The SMILES string of the molecule is O=C(c1ccc2ccccc2n1)N1CCN(C(c2ccccc2)c2ccccc2)CC1. The van der Waals surface area contributed by atoms with Gasteiger partial charge in [0, 0.05) is 31.6 Å². The third kappa shape index (κ3) is 4.07. The van der Waals surface area contributed by atoms with Gasteiger partial charge in [-0.3, -0.25) is 9.69 Å². The number of carbonyl (C=O) groups is 1. The fourth-order valence-electron chi connectivity index (χ4n) is 4.42. The number of aromatic nitrogens is 1. The van der Waals surface area contributed by atoms with Gasteiger partial charge in [-0.15, -0.1) is 0 Å². The average molecular weight is 408 g/mol. The lowest BCUT2D eigenvalue weighted by molar-refractivity contribution is 0.0592. The van der Waals surface area contributed by atoms with Crippen LogP contribution in [-0.2, 0) is 0 Å². The Labute approximate surface area is 182 Å². The molecule has 3 aromatic carbocycles. The van der Waals surface area contributed by atoms with Crippen molar-refractivity contribution in [2.75, 3.05) is 26.2 Å². The van der Waals surface area contributed by atoms with Crippen LogP contribution in [0.5, 0.6) is 0 Å². The summed E-state index contributed by atoms with van der Waals surface area (Å²) in [5.41, 5.74) is 3.95. The number of benzene rings is 3. The van der Waals surface area contributed by atoms with E-state index in [1.807, 2.05) is 41.3 Å². The van der Waals surface area contributed by atoms with E-state index in [0.29, 0.717) is 18.8 Å². The molecule has 0 N–H and O–H groups in total. The number of piperazine rings is 1. The maximum atomic E-state index is 13.1. The van der Waals surface area contributed by atoms with E-state index < -0.39 is 0 Å². The second kappa shape index (κ2) is 8.70. The maximum Gasteiger partial charge on any atom is 0.272 e. The Morgan fingerprint density at radius 2 is 1.26 bits per heavy atom. The highest BCUT2D eigenvalue weighted by molar-refractivity contribution is 5.95.